The molecular weight excluding hydrogens is 635 g/mol. The highest BCUT2D eigenvalue weighted by molar-refractivity contribution is 6.10. The number of fused-ring (bicyclic) bond motifs is 4. The quantitative estimate of drug-likeness (QED) is 0.178. The zero-order valence-electron chi connectivity index (χ0n) is 28.1. The van der Waals surface area contributed by atoms with Crippen LogP contribution in [0.2, 0.25) is 0 Å². The van der Waals surface area contributed by atoms with Gasteiger partial charge in [0.25, 0.3) is 0 Å². The first-order valence-corrected chi connectivity index (χ1v) is 17.5. The van der Waals surface area contributed by atoms with E-state index in [-0.39, 0.29) is 0 Å². The van der Waals surface area contributed by atoms with Gasteiger partial charge in [-0.05, 0) is 41.5 Å². The van der Waals surface area contributed by atoms with E-state index in [0.717, 1.165) is 50.1 Å². The van der Waals surface area contributed by atoms with Crippen LogP contribution in [0.4, 0.5) is 0 Å². The van der Waals surface area contributed by atoms with Crippen LogP contribution in [-0.2, 0) is 0 Å². The summed E-state index contributed by atoms with van der Waals surface area (Å²) in [7, 11) is 0. The van der Waals surface area contributed by atoms with Crippen LogP contribution in [0.15, 0.2) is 188 Å². The molecule has 3 heterocycles. The summed E-state index contributed by atoms with van der Waals surface area (Å²) in [5.74, 6) is 1.81. The molecule has 0 bridgehead atoms. The van der Waals surface area contributed by atoms with Crippen LogP contribution in [0, 0.1) is 0 Å². The van der Waals surface area contributed by atoms with Gasteiger partial charge in [0.1, 0.15) is 0 Å². The smallest absolute Gasteiger partial charge is 0.238 e. The summed E-state index contributed by atoms with van der Waals surface area (Å²) in [6.45, 7) is 0. The molecule has 5 nitrogen and oxygen atoms in total. The number of para-hydroxylation sites is 3. The van der Waals surface area contributed by atoms with E-state index in [4.69, 9.17) is 15.0 Å². The van der Waals surface area contributed by atoms with Crippen molar-refractivity contribution in [2.45, 2.75) is 0 Å². The lowest BCUT2D eigenvalue weighted by Gasteiger charge is -2.15. The SMILES string of the molecule is c1ccc(-c2nc(-c3ccccc3)nc(-n3c(-c4ccccc4)c(-c4cccc(-n5c6ccccc6c6ccccc65)c4)c4ccccc43)n2)cc1. The number of hydrogen-bond acceptors (Lipinski definition) is 3. The van der Waals surface area contributed by atoms with E-state index < -0.39 is 0 Å². The fraction of sp³-hybridized carbons (Fsp3) is 0. The highest BCUT2D eigenvalue weighted by atomic mass is 15.2. The van der Waals surface area contributed by atoms with Crippen molar-refractivity contribution < 1.29 is 0 Å². The lowest BCUT2D eigenvalue weighted by Crippen LogP contribution is -2.07. The first-order chi connectivity index (χ1) is 25.8. The van der Waals surface area contributed by atoms with Crippen molar-refractivity contribution >= 4 is 32.7 Å². The van der Waals surface area contributed by atoms with Crippen LogP contribution in [0.5, 0.6) is 0 Å². The van der Waals surface area contributed by atoms with E-state index >= 15 is 0 Å². The molecule has 0 radical (unpaired) electrons. The molecule has 0 aliphatic carbocycles. The fourth-order valence-corrected chi connectivity index (χ4v) is 7.51. The zero-order valence-corrected chi connectivity index (χ0v) is 28.1. The van der Waals surface area contributed by atoms with E-state index in [1.807, 2.05) is 60.7 Å². The predicted octanol–water partition coefficient (Wildman–Crippen LogP) is 11.6. The average molecular weight is 666 g/mol. The third kappa shape index (κ3) is 4.90. The second-order valence-electron chi connectivity index (χ2n) is 12.9. The molecule has 5 heteroatoms. The summed E-state index contributed by atoms with van der Waals surface area (Å²) < 4.78 is 4.59. The molecule has 0 spiro atoms. The van der Waals surface area contributed by atoms with Gasteiger partial charge in [0, 0.05) is 38.5 Å². The maximum Gasteiger partial charge on any atom is 0.238 e. The standard InChI is InChI=1S/C47H31N5/c1-4-17-32(18-5-1)44-43(35-23-16-24-36(31-35)51-40-28-13-10-25-37(40)38-26-11-14-29-41(38)51)39-27-12-15-30-42(39)52(44)47-49-45(33-19-6-2-7-20-33)48-46(50-47)34-21-8-3-9-22-34/h1-31H. The van der Waals surface area contributed by atoms with Gasteiger partial charge in [-0.1, -0.05) is 158 Å². The maximum absolute atomic E-state index is 5.21. The molecule has 0 aliphatic heterocycles. The van der Waals surface area contributed by atoms with E-state index in [0.29, 0.717) is 17.6 Å². The summed E-state index contributed by atoms with van der Waals surface area (Å²) in [5, 5.41) is 3.59. The first kappa shape index (κ1) is 29.8. The number of hydrogen-bond donors (Lipinski definition) is 0. The lowest BCUT2D eigenvalue weighted by molar-refractivity contribution is 0.938. The van der Waals surface area contributed by atoms with Gasteiger partial charge in [-0.25, -0.2) is 4.98 Å². The van der Waals surface area contributed by atoms with Crippen molar-refractivity contribution in [3.05, 3.63) is 188 Å². The summed E-state index contributed by atoms with van der Waals surface area (Å²) in [6, 6.07) is 65.6. The normalized spacial score (nSPS) is 11.5. The van der Waals surface area contributed by atoms with Crippen LogP contribution in [0.1, 0.15) is 0 Å². The van der Waals surface area contributed by atoms with Crippen molar-refractivity contribution in [1.82, 2.24) is 24.1 Å². The van der Waals surface area contributed by atoms with E-state index in [1.165, 1.54) is 21.8 Å². The van der Waals surface area contributed by atoms with Crippen molar-refractivity contribution in [2.24, 2.45) is 0 Å². The highest BCUT2D eigenvalue weighted by Crippen LogP contribution is 2.43. The largest absolute Gasteiger partial charge is 0.309 e. The molecule has 3 aromatic heterocycles. The van der Waals surface area contributed by atoms with Gasteiger partial charge in [0.2, 0.25) is 5.95 Å². The molecule has 0 saturated carbocycles. The zero-order chi connectivity index (χ0) is 34.4. The number of rotatable bonds is 6. The molecule has 0 aliphatic rings. The molecule has 10 aromatic rings. The number of benzene rings is 7. The summed E-state index contributed by atoms with van der Waals surface area (Å²) >= 11 is 0. The van der Waals surface area contributed by atoms with Crippen molar-refractivity contribution in [2.75, 3.05) is 0 Å². The molecule has 0 unspecified atom stereocenters. The monoisotopic (exact) mass is 665 g/mol. The average Bonchev–Trinajstić information content (AvgIpc) is 3.75. The molecule has 0 fully saturated rings. The third-order valence-corrected chi connectivity index (χ3v) is 9.78. The van der Waals surface area contributed by atoms with Crippen molar-refractivity contribution in [1.29, 1.82) is 0 Å². The molecule has 0 saturated heterocycles. The van der Waals surface area contributed by atoms with Crippen LogP contribution < -0.4 is 0 Å². The van der Waals surface area contributed by atoms with Gasteiger partial charge < -0.3 is 4.57 Å². The van der Waals surface area contributed by atoms with Crippen LogP contribution >= 0.6 is 0 Å². The minimum absolute atomic E-state index is 0.563. The number of nitrogens with zero attached hydrogens (tertiary/aromatic N) is 5. The summed E-state index contributed by atoms with van der Waals surface area (Å²) in [6.07, 6.45) is 0. The van der Waals surface area contributed by atoms with Gasteiger partial charge >= 0.3 is 0 Å². The van der Waals surface area contributed by atoms with Gasteiger partial charge in [-0.3, -0.25) is 4.57 Å². The predicted molar refractivity (Wildman–Crippen MR) is 213 cm³/mol. The topological polar surface area (TPSA) is 48.5 Å². The Morgan fingerprint density at radius 2 is 0.769 bits per heavy atom. The van der Waals surface area contributed by atoms with Crippen LogP contribution in [-0.4, -0.2) is 24.1 Å². The Balaban J connectivity index is 1.27. The third-order valence-electron chi connectivity index (χ3n) is 9.78. The number of aromatic nitrogens is 5. The van der Waals surface area contributed by atoms with E-state index in [9.17, 15) is 0 Å². The van der Waals surface area contributed by atoms with Crippen molar-refractivity contribution in [3.63, 3.8) is 0 Å². The highest BCUT2D eigenvalue weighted by Gasteiger charge is 2.24. The van der Waals surface area contributed by atoms with Gasteiger partial charge in [0.15, 0.2) is 11.6 Å². The van der Waals surface area contributed by atoms with E-state index in [1.54, 1.807) is 0 Å². The van der Waals surface area contributed by atoms with Gasteiger partial charge in [-0.2, -0.15) is 9.97 Å². The maximum atomic E-state index is 5.21. The minimum Gasteiger partial charge on any atom is -0.309 e. The van der Waals surface area contributed by atoms with Gasteiger partial charge in [-0.15, -0.1) is 0 Å². The molecule has 7 aromatic carbocycles. The Morgan fingerprint density at radius 1 is 0.327 bits per heavy atom. The molecular formula is C47H31N5. The molecule has 10 rings (SSSR count). The molecule has 0 N–H and O–H groups in total. The molecule has 0 atom stereocenters. The molecule has 244 valence electrons. The van der Waals surface area contributed by atoms with E-state index in [2.05, 4.69) is 137 Å². The Kier molecular flexibility index (Phi) is 7.07. The minimum atomic E-state index is 0.563. The van der Waals surface area contributed by atoms with Gasteiger partial charge in [0.05, 0.1) is 22.2 Å². The Morgan fingerprint density at radius 3 is 1.33 bits per heavy atom. The summed E-state index contributed by atoms with van der Waals surface area (Å²) in [5.41, 5.74) is 10.6. The molecule has 52 heavy (non-hydrogen) atoms. The van der Waals surface area contributed by atoms with Crippen LogP contribution in [0.3, 0.4) is 0 Å². The second kappa shape index (κ2) is 12.3. The molecule has 0 amide bonds. The van der Waals surface area contributed by atoms with Crippen molar-refractivity contribution in [3.8, 4) is 56.8 Å². The Bertz CT molecular complexity index is 2780. The Hall–Kier alpha value is -7.11. The Labute approximate surface area is 300 Å². The summed E-state index contributed by atoms with van der Waals surface area (Å²) in [4.78, 5) is 15.4. The fourth-order valence-electron chi connectivity index (χ4n) is 7.51. The lowest BCUT2D eigenvalue weighted by atomic mass is 9.98. The van der Waals surface area contributed by atoms with Crippen LogP contribution in [0.25, 0.3) is 89.5 Å². The first-order valence-electron chi connectivity index (χ1n) is 17.5. The second-order valence-corrected chi connectivity index (χ2v) is 12.9.